The first-order valence-corrected chi connectivity index (χ1v) is 6.03. The van der Waals surface area contributed by atoms with E-state index < -0.39 is 17.5 Å². The van der Waals surface area contributed by atoms with Crippen LogP contribution in [0.15, 0.2) is 0 Å². The summed E-state index contributed by atoms with van der Waals surface area (Å²) in [5, 5.41) is 14.3. The molecule has 0 radical (unpaired) electrons. The van der Waals surface area contributed by atoms with Crippen LogP contribution >= 0.6 is 0 Å². The van der Waals surface area contributed by atoms with Gasteiger partial charge in [0.25, 0.3) is 0 Å². The number of aliphatic carboxylic acids is 1. The smallest absolute Gasteiger partial charge is 0.329 e. The lowest BCUT2D eigenvalue weighted by atomic mass is 9.99. The summed E-state index contributed by atoms with van der Waals surface area (Å²) in [6.07, 6.45) is 1.21. The van der Waals surface area contributed by atoms with Crippen molar-refractivity contribution < 1.29 is 14.7 Å². The number of urea groups is 1. The van der Waals surface area contributed by atoms with Crippen molar-refractivity contribution in [3.63, 3.8) is 0 Å². The molecule has 5 nitrogen and oxygen atoms in total. The predicted molar refractivity (Wildman–Crippen MR) is 66.9 cm³/mol. The third-order valence-electron chi connectivity index (χ3n) is 2.77. The van der Waals surface area contributed by atoms with Crippen LogP contribution in [0.25, 0.3) is 0 Å². The second-order valence-electron chi connectivity index (χ2n) is 5.12. The van der Waals surface area contributed by atoms with Gasteiger partial charge < -0.3 is 15.7 Å². The molecule has 0 aliphatic rings. The van der Waals surface area contributed by atoms with Crippen LogP contribution in [0.5, 0.6) is 0 Å². The molecule has 2 atom stereocenters. The lowest BCUT2D eigenvalue weighted by Gasteiger charge is -2.26. The molecule has 0 aliphatic heterocycles. The van der Waals surface area contributed by atoms with Crippen molar-refractivity contribution in [3.05, 3.63) is 0 Å². The Morgan fingerprint density at radius 1 is 1.29 bits per heavy atom. The van der Waals surface area contributed by atoms with Crippen molar-refractivity contribution in [2.45, 2.75) is 59.0 Å². The molecule has 3 N–H and O–H groups in total. The highest BCUT2D eigenvalue weighted by Crippen LogP contribution is 2.09. The van der Waals surface area contributed by atoms with Crippen LogP contribution in [0.1, 0.15) is 47.5 Å². The monoisotopic (exact) mass is 244 g/mol. The maximum atomic E-state index is 11.6. The highest BCUT2D eigenvalue weighted by molar-refractivity contribution is 5.85. The number of rotatable bonds is 6. The number of carboxylic acids is 1. The topological polar surface area (TPSA) is 78.4 Å². The van der Waals surface area contributed by atoms with Crippen molar-refractivity contribution in [2.75, 3.05) is 0 Å². The fourth-order valence-electron chi connectivity index (χ4n) is 1.57. The molecule has 0 aromatic heterocycles. The summed E-state index contributed by atoms with van der Waals surface area (Å²) in [5.74, 6) is -0.533. The van der Waals surface area contributed by atoms with Crippen molar-refractivity contribution in [1.29, 1.82) is 0 Å². The van der Waals surface area contributed by atoms with Crippen LogP contribution in [0, 0.1) is 5.92 Å². The summed E-state index contributed by atoms with van der Waals surface area (Å²) < 4.78 is 0. The summed E-state index contributed by atoms with van der Waals surface area (Å²) in [6, 6.07) is -0.394. The third kappa shape index (κ3) is 5.56. The zero-order chi connectivity index (χ0) is 13.6. The molecule has 0 bridgehead atoms. The average Bonchev–Trinajstić information content (AvgIpc) is 2.15. The molecule has 0 rings (SSSR count). The van der Waals surface area contributed by atoms with Crippen molar-refractivity contribution in [2.24, 2.45) is 5.92 Å². The van der Waals surface area contributed by atoms with Crippen LogP contribution < -0.4 is 10.6 Å². The maximum absolute atomic E-state index is 11.6. The maximum Gasteiger partial charge on any atom is 0.329 e. The molecule has 0 heterocycles. The van der Waals surface area contributed by atoms with Gasteiger partial charge in [0.1, 0.15) is 5.54 Å². The van der Waals surface area contributed by atoms with E-state index >= 15 is 0 Å². The van der Waals surface area contributed by atoms with Gasteiger partial charge in [-0.3, -0.25) is 0 Å². The lowest BCUT2D eigenvalue weighted by molar-refractivity contribution is -0.143. The second-order valence-corrected chi connectivity index (χ2v) is 5.12. The molecule has 0 saturated carbocycles. The first-order valence-electron chi connectivity index (χ1n) is 6.03. The Morgan fingerprint density at radius 3 is 2.18 bits per heavy atom. The second kappa shape index (κ2) is 6.47. The molecule has 0 aliphatic carbocycles. The molecule has 100 valence electrons. The van der Waals surface area contributed by atoms with Crippen LogP contribution in [0.4, 0.5) is 4.79 Å². The normalized spacial score (nSPS) is 16.1. The summed E-state index contributed by atoms with van der Waals surface area (Å²) in [7, 11) is 0. The SMILES string of the molecule is CCC(C)(NC(=O)NC(C)CC(C)C)C(=O)O. The minimum Gasteiger partial charge on any atom is -0.480 e. The molecule has 0 aromatic carbocycles. The number of hydrogen-bond donors (Lipinski definition) is 3. The van der Waals surface area contributed by atoms with E-state index in [2.05, 4.69) is 24.5 Å². The quantitative estimate of drug-likeness (QED) is 0.668. The fourth-order valence-corrected chi connectivity index (χ4v) is 1.57. The fraction of sp³-hybridized carbons (Fsp3) is 0.833. The van der Waals surface area contributed by atoms with Gasteiger partial charge in [-0.15, -0.1) is 0 Å². The van der Waals surface area contributed by atoms with Crippen LogP contribution in [-0.4, -0.2) is 28.7 Å². The number of carbonyl (C=O) groups is 2. The first-order chi connectivity index (χ1) is 7.71. The van der Waals surface area contributed by atoms with E-state index in [9.17, 15) is 9.59 Å². The number of nitrogens with one attached hydrogen (secondary N) is 2. The van der Waals surface area contributed by atoms with Gasteiger partial charge in [0.05, 0.1) is 0 Å². The number of carboxylic acid groups (broad SMARTS) is 1. The van der Waals surface area contributed by atoms with Gasteiger partial charge in [0.2, 0.25) is 0 Å². The van der Waals surface area contributed by atoms with Gasteiger partial charge in [-0.05, 0) is 32.6 Å². The average molecular weight is 244 g/mol. The zero-order valence-corrected chi connectivity index (χ0v) is 11.3. The van der Waals surface area contributed by atoms with Gasteiger partial charge in [-0.1, -0.05) is 20.8 Å². The molecular weight excluding hydrogens is 220 g/mol. The molecular formula is C12H24N2O3. The molecule has 5 heteroatoms. The lowest BCUT2D eigenvalue weighted by Crippen LogP contribution is -2.56. The molecule has 2 amide bonds. The van der Waals surface area contributed by atoms with Gasteiger partial charge in [0.15, 0.2) is 0 Å². The summed E-state index contributed by atoms with van der Waals surface area (Å²) in [4.78, 5) is 22.6. The minimum absolute atomic E-state index is 0.0323. The van der Waals surface area contributed by atoms with E-state index in [0.29, 0.717) is 12.3 Å². The third-order valence-corrected chi connectivity index (χ3v) is 2.77. The van der Waals surface area contributed by atoms with Crippen LogP contribution in [0.2, 0.25) is 0 Å². The Kier molecular flexibility index (Phi) is 5.99. The molecule has 17 heavy (non-hydrogen) atoms. The van der Waals surface area contributed by atoms with E-state index in [1.54, 1.807) is 6.92 Å². The first kappa shape index (κ1) is 15.7. The summed E-state index contributed by atoms with van der Waals surface area (Å²) in [5.41, 5.74) is -1.21. The van der Waals surface area contributed by atoms with E-state index in [1.807, 2.05) is 6.92 Å². The number of carbonyl (C=O) groups excluding carboxylic acids is 1. The molecule has 0 aromatic rings. The Hall–Kier alpha value is -1.26. The molecule has 0 fully saturated rings. The van der Waals surface area contributed by atoms with E-state index in [1.165, 1.54) is 6.92 Å². The van der Waals surface area contributed by atoms with E-state index in [-0.39, 0.29) is 6.04 Å². The number of amides is 2. The standard InChI is InChI=1S/C12H24N2O3/c1-6-12(5,10(15)16)14-11(17)13-9(4)7-8(2)3/h8-9H,6-7H2,1-5H3,(H,15,16)(H2,13,14,17). The summed E-state index contributed by atoms with van der Waals surface area (Å²) >= 11 is 0. The van der Waals surface area contributed by atoms with E-state index in [0.717, 1.165) is 6.42 Å². The highest BCUT2D eigenvalue weighted by atomic mass is 16.4. The van der Waals surface area contributed by atoms with E-state index in [4.69, 9.17) is 5.11 Å². The number of hydrogen-bond acceptors (Lipinski definition) is 2. The van der Waals surface area contributed by atoms with Crippen molar-refractivity contribution >= 4 is 12.0 Å². The van der Waals surface area contributed by atoms with Gasteiger partial charge in [0, 0.05) is 6.04 Å². The Bertz CT molecular complexity index is 279. The van der Waals surface area contributed by atoms with Gasteiger partial charge in [-0.25, -0.2) is 9.59 Å². The van der Waals surface area contributed by atoms with Gasteiger partial charge >= 0.3 is 12.0 Å². The highest BCUT2D eigenvalue weighted by Gasteiger charge is 2.32. The molecule has 0 spiro atoms. The van der Waals surface area contributed by atoms with Crippen molar-refractivity contribution in [1.82, 2.24) is 10.6 Å². The Balaban J connectivity index is 4.30. The van der Waals surface area contributed by atoms with Gasteiger partial charge in [-0.2, -0.15) is 0 Å². The minimum atomic E-state index is -1.21. The Morgan fingerprint density at radius 2 is 1.82 bits per heavy atom. The predicted octanol–water partition coefficient (Wildman–Crippen LogP) is 1.97. The largest absolute Gasteiger partial charge is 0.480 e. The Labute approximate surface area is 103 Å². The molecule has 0 saturated heterocycles. The molecule has 2 unspecified atom stereocenters. The van der Waals surface area contributed by atoms with Crippen LogP contribution in [0.3, 0.4) is 0 Å². The van der Waals surface area contributed by atoms with Crippen LogP contribution in [-0.2, 0) is 4.79 Å². The summed E-state index contributed by atoms with van der Waals surface area (Å²) in [6.45, 7) is 9.28. The zero-order valence-electron chi connectivity index (χ0n) is 11.3. The van der Waals surface area contributed by atoms with Crippen molar-refractivity contribution in [3.8, 4) is 0 Å².